The van der Waals surface area contributed by atoms with Crippen molar-refractivity contribution in [2.24, 2.45) is 4.99 Å². The zero-order valence-corrected chi connectivity index (χ0v) is 15.3. The molecule has 3 rings (SSSR count). The van der Waals surface area contributed by atoms with Crippen LogP contribution in [0.25, 0.3) is 10.9 Å². The Kier molecular flexibility index (Phi) is 5.57. The number of unbranched alkanes of at least 4 members (excludes halogenated alkanes) is 1. The van der Waals surface area contributed by atoms with E-state index in [9.17, 15) is 9.90 Å². The van der Waals surface area contributed by atoms with E-state index in [0.717, 1.165) is 42.1 Å². The molecule has 1 aromatic carbocycles. The summed E-state index contributed by atoms with van der Waals surface area (Å²) in [6.45, 7) is 4.79. The second kappa shape index (κ2) is 7.85. The van der Waals surface area contributed by atoms with Gasteiger partial charge in [0.1, 0.15) is 11.3 Å². The zero-order valence-electron chi connectivity index (χ0n) is 15.3. The van der Waals surface area contributed by atoms with Gasteiger partial charge in [0.15, 0.2) is 0 Å². The number of aromatic hydroxyl groups is 1. The maximum absolute atomic E-state index is 13.0. The molecule has 1 aromatic heterocycles. The molecule has 0 radical (unpaired) electrons. The van der Waals surface area contributed by atoms with Crippen molar-refractivity contribution in [3.05, 3.63) is 39.7 Å². The lowest BCUT2D eigenvalue weighted by Gasteiger charge is -2.18. The van der Waals surface area contributed by atoms with E-state index < -0.39 is 0 Å². The highest BCUT2D eigenvalue weighted by molar-refractivity contribution is 5.95. The number of benzene rings is 1. The Morgan fingerprint density at radius 1 is 1.28 bits per heavy atom. The van der Waals surface area contributed by atoms with Gasteiger partial charge in [-0.3, -0.25) is 9.79 Å². The topological polar surface area (TPSA) is 54.6 Å². The fraction of sp³-hybridized carbons (Fsp3) is 0.524. The van der Waals surface area contributed by atoms with Crippen LogP contribution in [-0.4, -0.2) is 21.9 Å². The maximum atomic E-state index is 13.0. The van der Waals surface area contributed by atoms with Crippen LogP contribution in [-0.2, 0) is 6.54 Å². The van der Waals surface area contributed by atoms with Gasteiger partial charge in [-0.2, -0.15) is 0 Å². The first-order valence-corrected chi connectivity index (χ1v) is 9.51. The van der Waals surface area contributed by atoms with Crippen LogP contribution < -0.4 is 5.56 Å². The van der Waals surface area contributed by atoms with E-state index in [-0.39, 0.29) is 17.4 Å². The van der Waals surface area contributed by atoms with E-state index >= 15 is 0 Å². The number of nitrogens with zero attached hydrogens (tertiary/aromatic N) is 2. The second-order valence-corrected chi connectivity index (χ2v) is 7.16. The van der Waals surface area contributed by atoms with Crippen molar-refractivity contribution in [1.82, 2.24) is 4.57 Å². The average molecular weight is 340 g/mol. The van der Waals surface area contributed by atoms with E-state index in [0.29, 0.717) is 12.1 Å². The minimum absolute atomic E-state index is 0.0623. The van der Waals surface area contributed by atoms with Crippen molar-refractivity contribution < 1.29 is 5.11 Å². The van der Waals surface area contributed by atoms with Crippen LogP contribution in [0.3, 0.4) is 0 Å². The fourth-order valence-corrected chi connectivity index (χ4v) is 3.63. The third-order valence-electron chi connectivity index (χ3n) is 5.15. The Hall–Kier alpha value is -2.10. The van der Waals surface area contributed by atoms with E-state index in [4.69, 9.17) is 0 Å². The monoisotopic (exact) mass is 340 g/mol. The normalized spacial score (nSPS) is 16.1. The van der Waals surface area contributed by atoms with E-state index in [1.165, 1.54) is 19.3 Å². The van der Waals surface area contributed by atoms with Gasteiger partial charge in [-0.25, -0.2) is 0 Å². The standard InChI is InChI=1S/C21H28N2O2/c1-3-4-12-23-19-13-15(2)10-11-17(19)20(24)18(21(23)25)14-22-16-8-6-5-7-9-16/h10-11,13-14,16,24H,3-9,12H2,1-2H3. The van der Waals surface area contributed by atoms with Crippen LogP contribution in [0.2, 0.25) is 0 Å². The number of aryl methyl sites for hydroxylation is 2. The largest absolute Gasteiger partial charge is 0.506 e. The summed E-state index contributed by atoms with van der Waals surface area (Å²) < 4.78 is 1.80. The average Bonchev–Trinajstić information content (AvgIpc) is 2.62. The number of hydrogen-bond donors (Lipinski definition) is 1. The molecule has 25 heavy (non-hydrogen) atoms. The zero-order chi connectivity index (χ0) is 17.8. The van der Waals surface area contributed by atoms with Crippen molar-refractivity contribution >= 4 is 17.1 Å². The first kappa shape index (κ1) is 17.7. The predicted octanol–water partition coefficient (Wildman–Crippen LogP) is 4.57. The highest BCUT2D eigenvalue weighted by atomic mass is 16.3. The minimum Gasteiger partial charge on any atom is -0.506 e. The number of rotatable bonds is 5. The summed E-state index contributed by atoms with van der Waals surface area (Å²) in [4.78, 5) is 17.6. The quantitative estimate of drug-likeness (QED) is 0.811. The first-order chi connectivity index (χ1) is 12.1. The van der Waals surface area contributed by atoms with Crippen LogP contribution in [0.5, 0.6) is 5.75 Å². The Morgan fingerprint density at radius 2 is 2.04 bits per heavy atom. The number of aromatic nitrogens is 1. The van der Waals surface area contributed by atoms with Gasteiger partial charge in [-0.1, -0.05) is 38.7 Å². The smallest absolute Gasteiger partial charge is 0.263 e. The van der Waals surface area contributed by atoms with E-state index in [2.05, 4.69) is 11.9 Å². The minimum atomic E-state index is -0.136. The molecule has 134 valence electrons. The van der Waals surface area contributed by atoms with Gasteiger partial charge in [-0.15, -0.1) is 0 Å². The summed E-state index contributed by atoms with van der Waals surface area (Å²) in [6, 6.07) is 6.14. The van der Waals surface area contributed by atoms with Gasteiger partial charge in [0, 0.05) is 24.2 Å². The molecule has 0 bridgehead atoms. The molecule has 0 aliphatic heterocycles. The number of aliphatic imine (C=N–C) groups is 1. The lowest BCUT2D eigenvalue weighted by atomic mass is 9.96. The molecule has 1 N–H and O–H groups in total. The lowest BCUT2D eigenvalue weighted by molar-refractivity contribution is 0.444. The fourth-order valence-electron chi connectivity index (χ4n) is 3.63. The highest BCUT2D eigenvalue weighted by Gasteiger charge is 2.16. The van der Waals surface area contributed by atoms with Crippen LogP contribution in [0.1, 0.15) is 63.0 Å². The molecule has 0 unspecified atom stereocenters. The van der Waals surface area contributed by atoms with Crippen molar-refractivity contribution in [2.45, 2.75) is 71.4 Å². The van der Waals surface area contributed by atoms with E-state index in [1.807, 2.05) is 25.1 Å². The summed E-state index contributed by atoms with van der Waals surface area (Å²) in [5.41, 5.74) is 2.09. The van der Waals surface area contributed by atoms with Gasteiger partial charge in [-0.05, 0) is 43.9 Å². The molecule has 1 saturated carbocycles. The third kappa shape index (κ3) is 3.78. The Labute approximate surface area is 149 Å². The Balaban J connectivity index is 2.09. The van der Waals surface area contributed by atoms with Crippen LogP contribution in [0.15, 0.2) is 28.0 Å². The molecule has 2 aromatic rings. The summed E-state index contributed by atoms with van der Waals surface area (Å²) in [5.74, 6) is 0.0623. The van der Waals surface area contributed by atoms with Crippen LogP contribution >= 0.6 is 0 Å². The SMILES string of the molecule is CCCCn1c(=O)c(C=NC2CCCCC2)c(O)c2ccc(C)cc21. The van der Waals surface area contributed by atoms with Gasteiger partial charge in [0.2, 0.25) is 0 Å². The molecule has 0 atom stereocenters. The number of pyridine rings is 1. The molecule has 1 fully saturated rings. The van der Waals surface area contributed by atoms with Gasteiger partial charge >= 0.3 is 0 Å². The molecule has 4 nitrogen and oxygen atoms in total. The lowest BCUT2D eigenvalue weighted by Crippen LogP contribution is -2.25. The molecular formula is C21H28N2O2. The Bertz CT molecular complexity index is 830. The predicted molar refractivity (Wildman–Crippen MR) is 104 cm³/mol. The molecule has 4 heteroatoms. The van der Waals surface area contributed by atoms with Gasteiger partial charge in [0.25, 0.3) is 5.56 Å². The molecule has 1 heterocycles. The van der Waals surface area contributed by atoms with Crippen LogP contribution in [0, 0.1) is 6.92 Å². The molecule has 0 amide bonds. The van der Waals surface area contributed by atoms with Crippen molar-refractivity contribution in [3.8, 4) is 5.75 Å². The molecule has 0 spiro atoms. The molecule has 1 aliphatic carbocycles. The first-order valence-electron chi connectivity index (χ1n) is 9.51. The summed E-state index contributed by atoms with van der Waals surface area (Å²) in [7, 11) is 0. The van der Waals surface area contributed by atoms with E-state index in [1.54, 1.807) is 10.8 Å². The van der Waals surface area contributed by atoms with Crippen molar-refractivity contribution in [3.63, 3.8) is 0 Å². The van der Waals surface area contributed by atoms with Gasteiger partial charge < -0.3 is 9.67 Å². The second-order valence-electron chi connectivity index (χ2n) is 7.16. The summed E-state index contributed by atoms with van der Waals surface area (Å²) in [6.07, 6.45) is 9.41. The highest BCUT2D eigenvalue weighted by Crippen LogP contribution is 2.27. The van der Waals surface area contributed by atoms with Crippen molar-refractivity contribution in [1.29, 1.82) is 0 Å². The maximum Gasteiger partial charge on any atom is 0.263 e. The molecular weight excluding hydrogens is 312 g/mol. The van der Waals surface area contributed by atoms with Crippen molar-refractivity contribution in [2.75, 3.05) is 0 Å². The molecule has 1 aliphatic rings. The third-order valence-corrected chi connectivity index (χ3v) is 5.15. The molecule has 0 saturated heterocycles. The number of hydrogen-bond acceptors (Lipinski definition) is 3. The summed E-state index contributed by atoms with van der Waals surface area (Å²) >= 11 is 0. The summed E-state index contributed by atoms with van der Waals surface area (Å²) in [5, 5.41) is 11.4. The van der Waals surface area contributed by atoms with Crippen LogP contribution in [0.4, 0.5) is 0 Å². The van der Waals surface area contributed by atoms with Gasteiger partial charge in [0.05, 0.1) is 5.52 Å². The Morgan fingerprint density at radius 3 is 2.76 bits per heavy atom. The number of fused-ring (bicyclic) bond motifs is 1.